The molecule has 150 valence electrons. The zero-order valence-electron chi connectivity index (χ0n) is 16.2. The first kappa shape index (κ1) is 21.1. The molecule has 0 heterocycles. The number of carbonyl (C=O) groups is 1. The van der Waals surface area contributed by atoms with Crippen molar-refractivity contribution in [3.05, 3.63) is 90.0 Å². The fourth-order valence-corrected chi connectivity index (χ4v) is 4.33. The zero-order valence-corrected chi connectivity index (χ0v) is 17.8. The Hall–Kier alpha value is -2.61. The predicted octanol–water partition coefficient (Wildman–Crippen LogP) is 4.48. The number of hydrogen-bond acceptors (Lipinski definition) is 4. The molecule has 0 atom stereocenters. The molecule has 7 heteroatoms. The molecule has 0 bridgehead atoms. The number of benzene rings is 3. The van der Waals surface area contributed by atoms with Gasteiger partial charge < -0.3 is 5.32 Å². The quantitative estimate of drug-likeness (QED) is 0.566. The maximum absolute atomic E-state index is 12.8. The number of sulfonamides is 1. The molecule has 1 amide bonds. The van der Waals surface area contributed by atoms with Crippen LogP contribution in [0, 0.1) is 0 Å². The highest BCUT2D eigenvalue weighted by molar-refractivity contribution is 7.98. The second-order valence-electron chi connectivity index (χ2n) is 6.45. The molecule has 0 aliphatic rings. The van der Waals surface area contributed by atoms with E-state index in [-0.39, 0.29) is 17.3 Å². The fourth-order valence-electron chi connectivity index (χ4n) is 2.76. The summed E-state index contributed by atoms with van der Waals surface area (Å²) in [4.78, 5) is 13.6. The Morgan fingerprint density at radius 3 is 2.14 bits per heavy atom. The monoisotopic (exact) mass is 426 g/mol. The third kappa shape index (κ3) is 5.26. The van der Waals surface area contributed by atoms with E-state index in [0.29, 0.717) is 11.3 Å². The molecule has 0 radical (unpaired) electrons. The molecule has 0 saturated carbocycles. The Kier molecular flexibility index (Phi) is 6.74. The van der Waals surface area contributed by atoms with E-state index in [4.69, 9.17) is 0 Å². The van der Waals surface area contributed by atoms with Crippen molar-refractivity contribution >= 4 is 33.4 Å². The van der Waals surface area contributed by atoms with Crippen LogP contribution in [0.2, 0.25) is 0 Å². The third-order valence-electron chi connectivity index (χ3n) is 4.42. The van der Waals surface area contributed by atoms with E-state index in [9.17, 15) is 13.2 Å². The van der Waals surface area contributed by atoms with Crippen LogP contribution in [0.15, 0.2) is 88.7 Å². The smallest absolute Gasteiger partial charge is 0.255 e. The molecule has 0 fully saturated rings. The number of nitrogens with one attached hydrogen (secondary N) is 1. The third-order valence-corrected chi connectivity index (χ3v) is 6.98. The highest BCUT2D eigenvalue weighted by Gasteiger charge is 2.21. The average molecular weight is 427 g/mol. The summed E-state index contributed by atoms with van der Waals surface area (Å²) < 4.78 is 26.9. The van der Waals surface area contributed by atoms with E-state index >= 15 is 0 Å². The first-order valence-corrected chi connectivity index (χ1v) is 11.6. The Morgan fingerprint density at radius 2 is 1.55 bits per heavy atom. The lowest BCUT2D eigenvalue weighted by Gasteiger charge is -2.17. The van der Waals surface area contributed by atoms with Gasteiger partial charge in [-0.3, -0.25) is 4.79 Å². The van der Waals surface area contributed by atoms with Crippen LogP contribution in [0.25, 0.3) is 0 Å². The summed E-state index contributed by atoms with van der Waals surface area (Å²) in [6.07, 6.45) is 1.97. The molecule has 1 N–H and O–H groups in total. The van der Waals surface area contributed by atoms with Crippen molar-refractivity contribution in [1.82, 2.24) is 4.31 Å². The Labute approximate surface area is 175 Å². The van der Waals surface area contributed by atoms with E-state index in [0.717, 1.165) is 10.5 Å². The SMILES string of the molecule is CSc1ccc(C(=O)Nc2ccc(S(=O)(=O)N(C)Cc3ccccc3)cc2)cc1. The fraction of sp³-hybridized carbons (Fsp3) is 0.136. The van der Waals surface area contributed by atoms with Gasteiger partial charge in [0.2, 0.25) is 10.0 Å². The maximum atomic E-state index is 12.8. The Bertz CT molecular complexity index is 1070. The lowest BCUT2D eigenvalue weighted by molar-refractivity contribution is 0.102. The van der Waals surface area contributed by atoms with Crippen molar-refractivity contribution < 1.29 is 13.2 Å². The van der Waals surface area contributed by atoms with E-state index in [1.54, 1.807) is 43.1 Å². The van der Waals surface area contributed by atoms with E-state index in [1.807, 2.05) is 48.7 Å². The molecular weight excluding hydrogens is 404 g/mol. The van der Waals surface area contributed by atoms with Gasteiger partial charge in [-0.1, -0.05) is 30.3 Å². The molecule has 3 aromatic rings. The van der Waals surface area contributed by atoms with Crippen molar-refractivity contribution in [3.8, 4) is 0 Å². The van der Waals surface area contributed by atoms with Gasteiger partial charge in [0.25, 0.3) is 5.91 Å². The maximum Gasteiger partial charge on any atom is 0.255 e. The van der Waals surface area contributed by atoms with Crippen LogP contribution in [0.1, 0.15) is 15.9 Å². The number of carbonyl (C=O) groups excluding carboxylic acids is 1. The molecule has 3 rings (SSSR count). The van der Waals surface area contributed by atoms with Crippen LogP contribution in [0.5, 0.6) is 0 Å². The molecule has 0 aliphatic carbocycles. The minimum Gasteiger partial charge on any atom is -0.322 e. The molecule has 0 spiro atoms. The first-order valence-electron chi connectivity index (χ1n) is 8.96. The molecule has 3 aromatic carbocycles. The van der Waals surface area contributed by atoms with Crippen LogP contribution in [0.4, 0.5) is 5.69 Å². The van der Waals surface area contributed by atoms with E-state index < -0.39 is 10.0 Å². The van der Waals surface area contributed by atoms with Crippen LogP contribution >= 0.6 is 11.8 Å². The largest absolute Gasteiger partial charge is 0.322 e. The molecule has 5 nitrogen and oxygen atoms in total. The number of amides is 1. The number of nitrogens with zero attached hydrogens (tertiary/aromatic N) is 1. The topological polar surface area (TPSA) is 66.5 Å². The van der Waals surface area contributed by atoms with Gasteiger partial charge in [-0.25, -0.2) is 8.42 Å². The van der Waals surface area contributed by atoms with Crippen molar-refractivity contribution in [1.29, 1.82) is 0 Å². The van der Waals surface area contributed by atoms with Gasteiger partial charge in [0.05, 0.1) is 4.90 Å². The second kappa shape index (κ2) is 9.26. The Morgan fingerprint density at radius 1 is 0.931 bits per heavy atom. The van der Waals surface area contributed by atoms with Gasteiger partial charge in [-0.05, 0) is 60.4 Å². The summed E-state index contributed by atoms with van der Waals surface area (Å²) in [6.45, 7) is 0.285. The summed E-state index contributed by atoms with van der Waals surface area (Å²) in [6, 6.07) is 22.9. The van der Waals surface area contributed by atoms with Crippen LogP contribution in [-0.2, 0) is 16.6 Å². The average Bonchev–Trinajstić information content (AvgIpc) is 2.75. The number of hydrogen-bond donors (Lipinski definition) is 1. The standard InChI is InChI=1S/C22H22N2O3S2/c1-24(16-17-6-4-3-5-7-17)29(26,27)21-14-10-19(11-15-21)23-22(25)18-8-12-20(28-2)13-9-18/h3-15H,16H2,1-2H3,(H,23,25). The van der Waals surface area contributed by atoms with E-state index in [2.05, 4.69) is 5.32 Å². The summed E-state index contributed by atoms with van der Waals surface area (Å²) in [5.74, 6) is -0.241. The Balaban J connectivity index is 1.69. The predicted molar refractivity (Wildman–Crippen MR) is 118 cm³/mol. The zero-order chi connectivity index (χ0) is 20.9. The van der Waals surface area contributed by atoms with Crippen LogP contribution < -0.4 is 5.32 Å². The molecule has 0 saturated heterocycles. The molecule has 0 aliphatic heterocycles. The normalized spacial score (nSPS) is 11.4. The summed E-state index contributed by atoms with van der Waals surface area (Å²) in [7, 11) is -2.07. The lowest BCUT2D eigenvalue weighted by Crippen LogP contribution is -2.26. The summed E-state index contributed by atoms with van der Waals surface area (Å²) in [5.41, 5.74) is 1.99. The van der Waals surface area contributed by atoms with Crippen molar-refractivity contribution in [2.75, 3.05) is 18.6 Å². The number of thioether (sulfide) groups is 1. The van der Waals surface area contributed by atoms with Crippen LogP contribution in [-0.4, -0.2) is 31.9 Å². The van der Waals surface area contributed by atoms with Crippen molar-refractivity contribution in [2.45, 2.75) is 16.3 Å². The highest BCUT2D eigenvalue weighted by atomic mass is 32.2. The number of anilines is 1. The van der Waals surface area contributed by atoms with Crippen molar-refractivity contribution in [3.63, 3.8) is 0 Å². The summed E-state index contributed by atoms with van der Waals surface area (Å²) >= 11 is 1.61. The molecule has 29 heavy (non-hydrogen) atoms. The molecule has 0 unspecified atom stereocenters. The van der Waals surface area contributed by atoms with Gasteiger partial charge >= 0.3 is 0 Å². The minimum absolute atomic E-state index is 0.179. The van der Waals surface area contributed by atoms with Gasteiger partial charge in [0.15, 0.2) is 0 Å². The van der Waals surface area contributed by atoms with Crippen LogP contribution in [0.3, 0.4) is 0 Å². The molecular formula is C22H22N2O3S2. The van der Waals surface area contributed by atoms with Gasteiger partial charge in [-0.2, -0.15) is 4.31 Å². The van der Waals surface area contributed by atoms with Gasteiger partial charge in [0.1, 0.15) is 0 Å². The number of rotatable bonds is 7. The second-order valence-corrected chi connectivity index (χ2v) is 9.38. The summed E-state index contributed by atoms with van der Waals surface area (Å²) in [5, 5.41) is 2.79. The van der Waals surface area contributed by atoms with E-state index in [1.165, 1.54) is 16.4 Å². The minimum atomic E-state index is -3.62. The highest BCUT2D eigenvalue weighted by Crippen LogP contribution is 2.20. The van der Waals surface area contributed by atoms with Gasteiger partial charge in [-0.15, -0.1) is 11.8 Å². The van der Waals surface area contributed by atoms with Crippen molar-refractivity contribution in [2.24, 2.45) is 0 Å². The molecule has 0 aromatic heterocycles. The lowest BCUT2D eigenvalue weighted by atomic mass is 10.2. The van der Waals surface area contributed by atoms with Gasteiger partial charge in [0, 0.05) is 29.7 Å². The first-order chi connectivity index (χ1) is 13.9.